The molecule has 0 aliphatic heterocycles. The molecule has 0 unspecified atom stereocenters. The van der Waals surface area contributed by atoms with Crippen molar-refractivity contribution in [3.05, 3.63) is 329 Å². The summed E-state index contributed by atoms with van der Waals surface area (Å²) < 4.78 is 9.60. The van der Waals surface area contributed by atoms with Crippen LogP contribution in [0.25, 0.3) is 178 Å². The predicted molar refractivity (Wildman–Crippen MR) is 432 cm³/mol. The maximum absolute atomic E-state index is 13.0. The van der Waals surface area contributed by atoms with Gasteiger partial charge in [-0.25, -0.2) is 15.0 Å². The molecule has 8 heteroatoms. The topological polar surface area (TPSA) is 82.2 Å². The van der Waals surface area contributed by atoms with Crippen molar-refractivity contribution in [1.29, 1.82) is 5.26 Å². The highest BCUT2D eigenvalue weighted by atomic mass is 15.1. The Hall–Kier alpha value is -13.2. The number of fused-ring (bicyclic) bond motifs is 12. The second-order valence-electron chi connectivity index (χ2n) is 28.5. The first-order valence-corrected chi connectivity index (χ1v) is 35.7. The van der Waals surface area contributed by atoms with Gasteiger partial charge in [-0.3, -0.25) is 0 Å². The Kier molecular flexibility index (Phi) is 14.3. The van der Waals surface area contributed by atoms with Gasteiger partial charge in [0.15, 0.2) is 17.5 Å². The minimum absolute atomic E-state index is 0.415. The monoisotopic (exact) mass is 1330 g/mol. The van der Waals surface area contributed by atoms with Gasteiger partial charge in [-0.2, -0.15) is 5.26 Å². The molecule has 0 aliphatic carbocycles. The molecular formula is C96H70N8. The Morgan fingerprint density at radius 3 is 0.740 bits per heavy atom. The Labute approximate surface area is 602 Å². The molecule has 0 atom stereocenters. The molecule has 8 nitrogen and oxygen atoms in total. The van der Waals surface area contributed by atoms with Crippen LogP contribution in [-0.4, -0.2) is 33.2 Å². The van der Waals surface area contributed by atoms with E-state index in [-0.39, 0.29) is 0 Å². The molecule has 0 spiro atoms. The van der Waals surface area contributed by atoms with Crippen LogP contribution in [0.4, 0.5) is 0 Å². The third-order valence-electron chi connectivity index (χ3n) is 21.3. The molecule has 494 valence electrons. The molecule has 5 heterocycles. The second kappa shape index (κ2) is 24.0. The van der Waals surface area contributed by atoms with Crippen LogP contribution in [0.15, 0.2) is 279 Å². The minimum Gasteiger partial charge on any atom is -0.309 e. The number of benzene rings is 14. The van der Waals surface area contributed by atoms with Crippen molar-refractivity contribution in [3.63, 3.8) is 0 Å². The van der Waals surface area contributed by atoms with E-state index in [0.717, 1.165) is 128 Å². The van der Waals surface area contributed by atoms with Gasteiger partial charge in [0.1, 0.15) is 6.07 Å². The summed E-state index contributed by atoms with van der Waals surface area (Å²) in [6.07, 6.45) is 0. The van der Waals surface area contributed by atoms with E-state index < -0.39 is 0 Å². The Morgan fingerprint density at radius 2 is 0.471 bits per heavy atom. The van der Waals surface area contributed by atoms with Crippen LogP contribution < -0.4 is 0 Å². The lowest BCUT2D eigenvalue weighted by molar-refractivity contribution is 1.06. The van der Waals surface area contributed by atoms with Crippen LogP contribution in [0.1, 0.15) is 50.1 Å². The molecule has 14 aromatic carbocycles. The average molecular weight is 1340 g/mol. The highest BCUT2D eigenvalue weighted by Crippen LogP contribution is 2.53. The fourth-order valence-electron chi connectivity index (χ4n) is 16.5. The summed E-state index contributed by atoms with van der Waals surface area (Å²) in [5.74, 6) is 1.42. The van der Waals surface area contributed by atoms with Gasteiger partial charge < -0.3 is 18.3 Å². The lowest BCUT2D eigenvalue weighted by atomic mass is 9.81. The lowest BCUT2D eigenvalue weighted by Gasteiger charge is -2.27. The Bertz CT molecular complexity index is 6540. The summed E-state index contributed by atoms with van der Waals surface area (Å²) >= 11 is 0. The molecule has 19 aromatic rings. The number of aryl methyl sites for hydroxylation is 8. The van der Waals surface area contributed by atoms with E-state index >= 15 is 0 Å². The molecule has 0 N–H and O–H groups in total. The Morgan fingerprint density at radius 1 is 0.231 bits per heavy atom. The first-order valence-electron chi connectivity index (χ1n) is 35.7. The normalized spacial score (nSPS) is 11.8. The average Bonchev–Trinajstić information content (AvgIpc) is 1.47. The molecule has 0 saturated heterocycles. The predicted octanol–water partition coefficient (Wildman–Crippen LogP) is 24.6. The molecule has 19 rings (SSSR count). The third-order valence-corrected chi connectivity index (χ3v) is 21.3. The van der Waals surface area contributed by atoms with Gasteiger partial charge in [-0.15, -0.1) is 0 Å². The van der Waals surface area contributed by atoms with Crippen molar-refractivity contribution in [1.82, 2.24) is 33.2 Å². The number of nitriles is 1. The molecular weight excluding hydrogens is 1270 g/mol. The summed E-state index contributed by atoms with van der Waals surface area (Å²) in [6, 6.07) is 104. The molecule has 5 aromatic heterocycles. The summed E-state index contributed by atoms with van der Waals surface area (Å²) in [5, 5.41) is 22.4. The Balaban J connectivity index is 0.983. The first-order chi connectivity index (χ1) is 50.8. The number of hydrogen-bond donors (Lipinski definition) is 0. The summed E-state index contributed by atoms with van der Waals surface area (Å²) in [5.41, 5.74) is 29.7. The van der Waals surface area contributed by atoms with Crippen molar-refractivity contribution in [2.24, 2.45) is 0 Å². The SMILES string of the molecule is Cc1ccc2c(c1)c1cc(C)ccc1n2-c1ccc(-c2c(C#N)c(-c3ccc(-n4c5ccc(C)cc5c5cc(C)ccc54)cc3)c(-c3nc(-c4ccccc4)nc(-c4ccccc4)n3)c(-n3c4ccc(C)cc4c4cc(C)ccc43)c2-c2ccc(-n3c4ccc(C)cc4c4cc(C)ccc43)cc2)cc1. The zero-order chi connectivity index (χ0) is 70.3. The molecule has 0 fully saturated rings. The van der Waals surface area contributed by atoms with E-state index in [4.69, 9.17) is 15.0 Å². The molecule has 104 heavy (non-hydrogen) atoms. The van der Waals surface area contributed by atoms with E-state index in [2.05, 4.69) is 322 Å². The van der Waals surface area contributed by atoms with E-state index in [1.807, 2.05) is 36.4 Å². The second-order valence-corrected chi connectivity index (χ2v) is 28.5. The zero-order valence-corrected chi connectivity index (χ0v) is 59.1. The number of aromatic nitrogens is 7. The van der Waals surface area contributed by atoms with Crippen molar-refractivity contribution in [2.45, 2.75) is 55.4 Å². The van der Waals surface area contributed by atoms with Crippen LogP contribution >= 0.6 is 0 Å². The highest BCUT2D eigenvalue weighted by Gasteiger charge is 2.33. The van der Waals surface area contributed by atoms with E-state index in [1.54, 1.807) is 0 Å². The largest absolute Gasteiger partial charge is 0.309 e. The van der Waals surface area contributed by atoms with Crippen molar-refractivity contribution in [2.75, 3.05) is 0 Å². The molecule has 0 aliphatic rings. The van der Waals surface area contributed by atoms with Crippen LogP contribution in [-0.2, 0) is 0 Å². The van der Waals surface area contributed by atoms with Gasteiger partial charge in [0.2, 0.25) is 0 Å². The van der Waals surface area contributed by atoms with Crippen LogP contribution in [0, 0.1) is 66.7 Å². The maximum Gasteiger partial charge on any atom is 0.166 e. The molecule has 0 radical (unpaired) electrons. The lowest BCUT2D eigenvalue weighted by Crippen LogP contribution is -2.10. The van der Waals surface area contributed by atoms with E-state index in [9.17, 15) is 5.26 Å². The van der Waals surface area contributed by atoms with E-state index in [0.29, 0.717) is 34.2 Å². The molecule has 0 saturated carbocycles. The number of nitrogens with zero attached hydrogens (tertiary/aromatic N) is 8. The van der Waals surface area contributed by atoms with Gasteiger partial charge in [0, 0.05) is 88.0 Å². The minimum atomic E-state index is 0.415. The van der Waals surface area contributed by atoms with Gasteiger partial charge in [0.25, 0.3) is 0 Å². The quantitative estimate of drug-likeness (QED) is 0.137. The number of hydrogen-bond acceptors (Lipinski definition) is 4. The van der Waals surface area contributed by atoms with Crippen molar-refractivity contribution >= 4 is 87.2 Å². The number of rotatable bonds is 10. The molecule has 0 amide bonds. The summed E-state index contributed by atoms with van der Waals surface area (Å²) in [6.45, 7) is 17.3. The van der Waals surface area contributed by atoms with E-state index in [1.165, 1.54) is 65.7 Å². The first kappa shape index (κ1) is 61.8. The third kappa shape index (κ3) is 9.91. The van der Waals surface area contributed by atoms with Crippen LogP contribution in [0.3, 0.4) is 0 Å². The fourth-order valence-corrected chi connectivity index (χ4v) is 16.5. The maximum atomic E-state index is 13.0. The van der Waals surface area contributed by atoms with Crippen molar-refractivity contribution in [3.8, 4) is 96.4 Å². The van der Waals surface area contributed by atoms with Gasteiger partial charge in [0.05, 0.1) is 60.9 Å². The molecule has 0 bridgehead atoms. The zero-order valence-electron chi connectivity index (χ0n) is 59.1. The summed E-state index contributed by atoms with van der Waals surface area (Å²) in [7, 11) is 0. The van der Waals surface area contributed by atoms with Crippen molar-refractivity contribution < 1.29 is 0 Å². The van der Waals surface area contributed by atoms with Gasteiger partial charge in [-0.1, -0.05) is 190 Å². The highest BCUT2D eigenvalue weighted by molar-refractivity contribution is 6.16. The van der Waals surface area contributed by atoms with Crippen LogP contribution in [0.2, 0.25) is 0 Å². The van der Waals surface area contributed by atoms with Gasteiger partial charge >= 0.3 is 0 Å². The van der Waals surface area contributed by atoms with Gasteiger partial charge in [-0.05, 0) is 206 Å². The van der Waals surface area contributed by atoms with Crippen LogP contribution in [0.5, 0.6) is 0 Å². The fraction of sp³-hybridized carbons (Fsp3) is 0.0833. The summed E-state index contributed by atoms with van der Waals surface area (Å²) in [4.78, 5) is 16.9. The standard InChI is InChI=1S/C96H70N8/c1-56-19-39-81-72(47-56)73-48-57(2)20-40-82(73)101(81)69-33-27-64(28-34-69)89-80(55-97)90(65-29-35-70(36-30-65)102-83-41-21-58(3)49-74(83)75-50-59(4)22-42-84(75)102)92(96-99-94(67-15-11-9-12-16-67)98-95(100-96)68-17-13-10-14-18-68)93(104-87-45-25-62(7)53-78(87)79-54-63(8)26-46-88(79)104)91(89)66-31-37-71(38-32-66)103-85-43-23-60(5)51-76(85)77-52-61(6)24-44-86(77)103/h9-54H,1-8H3. The smallest absolute Gasteiger partial charge is 0.166 e.